The van der Waals surface area contributed by atoms with Crippen molar-refractivity contribution >= 4 is 29.1 Å². The zero-order valence-electron chi connectivity index (χ0n) is 16.5. The first-order valence-electron chi connectivity index (χ1n) is 9.88. The van der Waals surface area contributed by atoms with Crippen molar-refractivity contribution in [2.75, 3.05) is 36.4 Å². The molecule has 1 saturated heterocycles. The average Bonchev–Trinajstić information content (AvgIpc) is 2.74. The van der Waals surface area contributed by atoms with E-state index < -0.39 is 6.04 Å². The molecule has 150 valence electrons. The maximum absolute atomic E-state index is 12.7. The molecule has 4 rings (SSSR count). The minimum absolute atomic E-state index is 0.0606. The Morgan fingerprint density at radius 2 is 1.76 bits per heavy atom. The van der Waals surface area contributed by atoms with E-state index in [9.17, 15) is 9.59 Å². The maximum atomic E-state index is 12.7. The molecule has 1 atom stereocenters. The van der Waals surface area contributed by atoms with Crippen LogP contribution in [0.15, 0.2) is 59.6 Å². The first-order valence-corrected chi connectivity index (χ1v) is 9.88. The fourth-order valence-corrected chi connectivity index (χ4v) is 3.65. The molecule has 0 aliphatic carbocycles. The molecule has 0 aromatic heterocycles. The number of benzene rings is 2. The number of rotatable bonds is 3. The number of anilines is 2. The lowest BCUT2D eigenvalue weighted by molar-refractivity contribution is -0.125. The molecule has 0 bridgehead atoms. The Morgan fingerprint density at radius 3 is 2.48 bits per heavy atom. The zero-order chi connectivity index (χ0) is 20.2. The van der Waals surface area contributed by atoms with Crippen LogP contribution in [0.2, 0.25) is 0 Å². The van der Waals surface area contributed by atoms with Gasteiger partial charge in [0.2, 0.25) is 17.8 Å². The van der Waals surface area contributed by atoms with Crippen molar-refractivity contribution in [3.8, 4) is 0 Å². The number of nitrogens with zero attached hydrogens (tertiary/aromatic N) is 3. The number of nitrogens with one attached hydrogen (secondary N) is 2. The van der Waals surface area contributed by atoms with Crippen molar-refractivity contribution in [3.05, 3.63) is 60.2 Å². The van der Waals surface area contributed by atoms with E-state index in [0.29, 0.717) is 11.6 Å². The van der Waals surface area contributed by atoms with E-state index >= 15 is 0 Å². The number of carbonyl (C=O) groups is 2. The van der Waals surface area contributed by atoms with E-state index in [2.05, 4.69) is 32.7 Å². The van der Waals surface area contributed by atoms with Gasteiger partial charge in [0.15, 0.2) is 0 Å². The number of guanidine groups is 1. The van der Waals surface area contributed by atoms with Crippen LogP contribution in [0.3, 0.4) is 0 Å². The summed E-state index contributed by atoms with van der Waals surface area (Å²) in [5, 5.41) is 5.71. The van der Waals surface area contributed by atoms with Crippen LogP contribution in [-0.2, 0) is 9.59 Å². The summed E-state index contributed by atoms with van der Waals surface area (Å²) in [5.74, 6) is 0.0640. The monoisotopic (exact) mass is 391 g/mol. The molecule has 2 N–H and O–H groups in total. The maximum Gasteiger partial charge on any atom is 0.249 e. The molecule has 2 aliphatic heterocycles. The summed E-state index contributed by atoms with van der Waals surface area (Å²) in [6.07, 6.45) is 0.0606. The van der Waals surface area contributed by atoms with Crippen molar-refractivity contribution in [2.24, 2.45) is 4.99 Å². The van der Waals surface area contributed by atoms with E-state index in [4.69, 9.17) is 0 Å². The predicted molar refractivity (Wildman–Crippen MR) is 114 cm³/mol. The SMILES string of the molecule is Cc1cccc(NC(=O)[C@@H]2CC(=O)NC(N3CCN(c4ccccc4)CC3)=N2)c1. The topological polar surface area (TPSA) is 77.0 Å². The van der Waals surface area contributed by atoms with Crippen LogP contribution in [0, 0.1) is 6.92 Å². The van der Waals surface area contributed by atoms with Crippen molar-refractivity contribution in [3.63, 3.8) is 0 Å². The van der Waals surface area contributed by atoms with Gasteiger partial charge in [-0.2, -0.15) is 0 Å². The highest BCUT2D eigenvalue weighted by Crippen LogP contribution is 2.17. The lowest BCUT2D eigenvalue weighted by Gasteiger charge is -2.38. The highest BCUT2D eigenvalue weighted by molar-refractivity contribution is 6.06. The highest BCUT2D eigenvalue weighted by atomic mass is 16.2. The van der Waals surface area contributed by atoms with Gasteiger partial charge in [-0.1, -0.05) is 30.3 Å². The van der Waals surface area contributed by atoms with Crippen LogP contribution in [0.5, 0.6) is 0 Å². The number of hydrogen-bond acceptors (Lipinski definition) is 5. The van der Waals surface area contributed by atoms with Crippen molar-refractivity contribution in [1.29, 1.82) is 0 Å². The summed E-state index contributed by atoms with van der Waals surface area (Å²) in [7, 11) is 0. The molecule has 2 heterocycles. The summed E-state index contributed by atoms with van der Waals surface area (Å²) in [4.78, 5) is 33.8. The minimum Gasteiger partial charge on any atom is -0.368 e. The molecule has 0 saturated carbocycles. The van der Waals surface area contributed by atoms with Gasteiger partial charge in [-0.05, 0) is 36.8 Å². The number of para-hydroxylation sites is 1. The molecule has 2 amide bonds. The first-order chi connectivity index (χ1) is 14.1. The molecular formula is C22H25N5O2. The second-order valence-electron chi connectivity index (χ2n) is 7.39. The third-order valence-corrected chi connectivity index (χ3v) is 5.20. The Bertz CT molecular complexity index is 920. The highest BCUT2D eigenvalue weighted by Gasteiger charge is 2.30. The molecule has 0 radical (unpaired) electrons. The summed E-state index contributed by atoms with van der Waals surface area (Å²) < 4.78 is 0. The van der Waals surface area contributed by atoms with E-state index in [1.54, 1.807) is 0 Å². The zero-order valence-corrected chi connectivity index (χ0v) is 16.5. The largest absolute Gasteiger partial charge is 0.368 e. The van der Waals surface area contributed by atoms with Crippen LogP contribution in [0.25, 0.3) is 0 Å². The smallest absolute Gasteiger partial charge is 0.249 e. The van der Waals surface area contributed by atoms with Crippen LogP contribution in [0.1, 0.15) is 12.0 Å². The molecule has 2 aliphatic rings. The van der Waals surface area contributed by atoms with Crippen molar-refractivity contribution < 1.29 is 9.59 Å². The molecule has 0 unspecified atom stereocenters. The Kier molecular flexibility index (Phi) is 5.46. The normalized spacial score (nSPS) is 19.4. The number of piperazine rings is 1. The van der Waals surface area contributed by atoms with Gasteiger partial charge in [0.1, 0.15) is 6.04 Å². The lowest BCUT2D eigenvalue weighted by atomic mass is 10.1. The van der Waals surface area contributed by atoms with Crippen LogP contribution < -0.4 is 15.5 Å². The number of carbonyl (C=O) groups excluding carboxylic acids is 2. The van der Waals surface area contributed by atoms with E-state index in [0.717, 1.165) is 31.7 Å². The van der Waals surface area contributed by atoms with E-state index in [1.807, 2.05) is 54.3 Å². The molecule has 7 nitrogen and oxygen atoms in total. The van der Waals surface area contributed by atoms with Crippen LogP contribution in [-0.4, -0.2) is 54.9 Å². The second kappa shape index (κ2) is 8.34. The van der Waals surface area contributed by atoms with Gasteiger partial charge < -0.3 is 15.1 Å². The van der Waals surface area contributed by atoms with Crippen molar-refractivity contribution in [2.45, 2.75) is 19.4 Å². The molecular weight excluding hydrogens is 366 g/mol. The van der Waals surface area contributed by atoms with Gasteiger partial charge in [-0.15, -0.1) is 0 Å². The molecule has 7 heteroatoms. The number of amides is 2. The molecule has 0 spiro atoms. The summed E-state index contributed by atoms with van der Waals surface area (Å²) in [6.45, 7) is 5.10. The van der Waals surface area contributed by atoms with Gasteiger partial charge in [-0.25, -0.2) is 4.99 Å². The summed E-state index contributed by atoms with van der Waals surface area (Å²) in [6, 6.07) is 17.1. The van der Waals surface area contributed by atoms with Crippen LogP contribution in [0.4, 0.5) is 11.4 Å². The Labute approximate surface area is 170 Å². The fraction of sp³-hybridized carbons (Fsp3) is 0.318. The van der Waals surface area contributed by atoms with Crippen LogP contribution >= 0.6 is 0 Å². The molecule has 29 heavy (non-hydrogen) atoms. The van der Waals surface area contributed by atoms with E-state index in [-0.39, 0.29) is 18.2 Å². The molecule has 2 aromatic rings. The Morgan fingerprint density at radius 1 is 1.03 bits per heavy atom. The number of hydrogen-bond donors (Lipinski definition) is 2. The predicted octanol–water partition coefficient (Wildman–Crippen LogP) is 2.00. The molecule has 2 aromatic carbocycles. The first kappa shape index (κ1) is 19.0. The quantitative estimate of drug-likeness (QED) is 0.839. The second-order valence-corrected chi connectivity index (χ2v) is 7.39. The lowest BCUT2D eigenvalue weighted by Crippen LogP contribution is -2.56. The van der Waals surface area contributed by atoms with E-state index in [1.165, 1.54) is 5.69 Å². The molecule has 1 fully saturated rings. The van der Waals surface area contributed by atoms with Gasteiger partial charge in [0.25, 0.3) is 0 Å². The Hall–Kier alpha value is -3.35. The fourth-order valence-electron chi connectivity index (χ4n) is 3.65. The average molecular weight is 391 g/mol. The number of aliphatic imine (C=N–C) groups is 1. The van der Waals surface area contributed by atoms with Gasteiger partial charge in [0.05, 0.1) is 6.42 Å². The number of aryl methyl sites for hydroxylation is 1. The van der Waals surface area contributed by atoms with Gasteiger partial charge in [-0.3, -0.25) is 14.9 Å². The standard InChI is InChI=1S/C22H25N5O2/c1-16-6-5-7-17(14-16)23-21(29)19-15-20(28)25-22(24-19)27-12-10-26(11-13-27)18-8-3-2-4-9-18/h2-9,14,19H,10-13,15H2,1H3,(H,23,29)(H,24,25,28)/t19-/m0/s1. The third-order valence-electron chi connectivity index (χ3n) is 5.20. The Balaban J connectivity index is 1.41. The summed E-state index contributed by atoms with van der Waals surface area (Å²) >= 11 is 0. The summed E-state index contributed by atoms with van der Waals surface area (Å²) in [5.41, 5.74) is 2.97. The van der Waals surface area contributed by atoms with Gasteiger partial charge in [0, 0.05) is 37.6 Å². The third kappa shape index (κ3) is 4.56. The van der Waals surface area contributed by atoms with Gasteiger partial charge >= 0.3 is 0 Å². The minimum atomic E-state index is -0.716. The van der Waals surface area contributed by atoms with Crippen molar-refractivity contribution in [1.82, 2.24) is 10.2 Å².